The van der Waals surface area contributed by atoms with Crippen molar-refractivity contribution in [1.29, 1.82) is 0 Å². The Morgan fingerprint density at radius 2 is 1.64 bits per heavy atom. The lowest BCUT2D eigenvalue weighted by Crippen LogP contribution is -2.39. The van der Waals surface area contributed by atoms with Crippen LogP contribution in [0.15, 0.2) is 71.7 Å². The third-order valence-corrected chi connectivity index (χ3v) is 5.98. The first-order valence-corrected chi connectivity index (χ1v) is 12.3. The number of hydrogen-bond donors (Lipinski definition) is 6. The van der Waals surface area contributed by atoms with Crippen molar-refractivity contribution in [3.63, 3.8) is 0 Å². The second-order valence-corrected chi connectivity index (χ2v) is 8.93. The fraction of sp³-hybridized carbons (Fsp3) is 0.179. The number of carboxylic acid groups (broad SMARTS) is 2. The number of carboxylic acids is 2. The summed E-state index contributed by atoms with van der Waals surface area (Å²) < 4.78 is 31.7. The van der Waals surface area contributed by atoms with Crippen molar-refractivity contribution in [1.82, 2.24) is 16.1 Å². The van der Waals surface area contributed by atoms with E-state index in [1.54, 1.807) is 24.3 Å². The summed E-state index contributed by atoms with van der Waals surface area (Å²) in [6.07, 6.45) is -3.32. The number of carbonyl (C=O) groups is 4. The van der Waals surface area contributed by atoms with Crippen molar-refractivity contribution in [2.45, 2.75) is 25.1 Å². The molecule has 220 valence electrons. The highest BCUT2D eigenvalue weighted by atomic mass is 19.4. The molecule has 0 heterocycles. The number of nitrogens with two attached hydrogens (primary N) is 1. The highest BCUT2D eigenvalue weighted by molar-refractivity contribution is 5.97. The third kappa shape index (κ3) is 8.63. The van der Waals surface area contributed by atoms with E-state index in [1.165, 1.54) is 17.5 Å². The predicted octanol–water partition coefficient (Wildman–Crippen LogP) is 3.08. The number of halogens is 3. The first kappa shape index (κ1) is 31.3. The summed E-state index contributed by atoms with van der Waals surface area (Å²) >= 11 is 0. The number of alkyl halides is 3. The van der Waals surface area contributed by atoms with Crippen molar-refractivity contribution < 1.29 is 42.6 Å². The van der Waals surface area contributed by atoms with E-state index in [4.69, 9.17) is 15.7 Å². The van der Waals surface area contributed by atoms with Gasteiger partial charge in [-0.05, 0) is 52.4 Å². The van der Waals surface area contributed by atoms with Crippen molar-refractivity contribution in [3.8, 4) is 11.1 Å². The number of nitrogens with one attached hydrogen (secondary N) is 3. The van der Waals surface area contributed by atoms with Crippen LogP contribution in [0.25, 0.3) is 11.1 Å². The van der Waals surface area contributed by atoms with Gasteiger partial charge in [0.25, 0.3) is 5.91 Å². The van der Waals surface area contributed by atoms with Gasteiger partial charge in [0.15, 0.2) is 0 Å². The lowest BCUT2D eigenvalue weighted by molar-refractivity contribution is -0.192. The fourth-order valence-electron chi connectivity index (χ4n) is 4.16. The topological polar surface area (TPSA) is 183 Å². The number of nitrogens with zero attached hydrogens (tertiary/aromatic N) is 1. The SMILES string of the molecule is NNC=Nc1cccc(C(=O)NCC(=O)NC(CC(=O)O)c2ccc3c(c2)Cc2ccccc2-3)c1.O=C(O)C(F)(F)F. The smallest absolute Gasteiger partial charge is 0.481 e. The van der Waals surface area contributed by atoms with Crippen LogP contribution in [0.3, 0.4) is 0 Å². The molecule has 7 N–H and O–H groups in total. The molecule has 0 aromatic heterocycles. The summed E-state index contributed by atoms with van der Waals surface area (Å²) in [6.45, 7) is -0.302. The number of carbonyl (C=O) groups excluding carboxylic acids is 2. The van der Waals surface area contributed by atoms with Crippen molar-refractivity contribution >= 4 is 35.8 Å². The number of aliphatic imine (C=N–C) groups is 1. The molecule has 3 aromatic carbocycles. The van der Waals surface area contributed by atoms with Crippen LogP contribution in [0.5, 0.6) is 0 Å². The molecule has 11 nitrogen and oxygen atoms in total. The van der Waals surface area contributed by atoms with Gasteiger partial charge in [0, 0.05) is 5.56 Å². The zero-order valence-electron chi connectivity index (χ0n) is 21.8. The van der Waals surface area contributed by atoms with E-state index in [2.05, 4.69) is 33.2 Å². The van der Waals surface area contributed by atoms with Crippen LogP contribution >= 0.6 is 0 Å². The quantitative estimate of drug-likeness (QED) is 0.0749. The van der Waals surface area contributed by atoms with Gasteiger partial charge in [0.05, 0.1) is 24.7 Å². The molecule has 1 aliphatic carbocycles. The number of fused-ring (bicyclic) bond motifs is 3. The Bertz CT molecular complexity index is 1510. The second kappa shape index (κ2) is 13.9. The van der Waals surface area contributed by atoms with E-state index in [-0.39, 0.29) is 13.0 Å². The van der Waals surface area contributed by atoms with Crippen LogP contribution in [0.4, 0.5) is 18.9 Å². The Balaban J connectivity index is 0.000000616. The van der Waals surface area contributed by atoms with Gasteiger partial charge >= 0.3 is 18.1 Å². The van der Waals surface area contributed by atoms with Crippen LogP contribution in [0, 0.1) is 0 Å². The van der Waals surface area contributed by atoms with E-state index in [1.807, 2.05) is 30.3 Å². The normalized spacial score (nSPS) is 12.3. The summed E-state index contributed by atoms with van der Waals surface area (Å²) in [5.41, 5.74) is 8.42. The molecule has 0 fully saturated rings. The van der Waals surface area contributed by atoms with Crippen LogP contribution in [0.2, 0.25) is 0 Å². The maximum atomic E-state index is 12.6. The molecule has 0 spiro atoms. The van der Waals surface area contributed by atoms with E-state index in [0.717, 1.165) is 17.5 Å². The van der Waals surface area contributed by atoms with Gasteiger partial charge < -0.3 is 26.3 Å². The highest BCUT2D eigenvalue weighted by Gasteiger charge is 2.38. The summed E-state index contributed by atoms with van der Waals surface area (Å²) in [5, 5.41) is 21.8. The Morgan fingerprint density at radius 3 is 2.31 bits per heavy atom. The van der Waals surface area contributed by atoms with Crippen LogP contribution < -0.4 is 21.9 Å². The maximum absolute atomic E-state index is 12.6. The minimum absolute atomic E-state index is 0.277. The summed E-state index contributed by atoms with van der Waals surface area (Å²) in [5.74, 6) is 0.416. The number of hydrazine groups is 1. The molecule has 0 bridgehead atoms. The highest BCUT2D eigenvalue weighted by Crippen LogP contribution is 2.37. The monoisotopic (exact) mass is 585 g/mol. The fourth-order valence-corrected chi connectivity index (χ4v) is 4.16. The van der Waals surface area contributed by atoms with Gasteiger partial charge in [-0.2, -0.15) is 13.2 Å². The van der Waals surface area contributed by atoms with Crippen LogP contribution in [-0.4, -0.2) is 53.0 Å². The molecular formula is C28H26F3N5O6. The van der Waals surface area contributed by atoms with Crippen molar-refractivity contribution in [2.24, 2.45) is 10.8 Å². The number of amides is 2. The third-order valence-electron chi connectivity index (χ3n) is 5.98. The molecule has 0 aliphatic heterocycles. The number of rotatable bonds is 9. The molecule has 3 aromatic rings. The average Bonchev–Trinajstić information content (AvgIpc) is 3.32. The molecule has 0 saturated carbocycles. The zero-order chi connectivity index (χ0) is 30.9. The first-order valence-electron chi connectivity index (χ1n) is 12.3. The number of hydrogen-bond acceptors (Lipinski definition) is 6. The van der Waals surface area contributed by atoms with Crippen LogP contribution in [0.1, 0.15) is 39.5 Å². The van der Waals surface area contributed by atoms with Gasteiger partial charge in [-0.1, -0.05) is 48.5 Å². The maximum Gasteiger partial charge on any atom is 0.490 e. The molecule has 0 saturated heterocycles. The van der Waals surface area contributed by atoms with Gasteiger partial charge in [-0.15, -0.1) is 0 Å². The Morgan fingerprint density at radius 1 is 0.952 bits per heavy atom. The number of aliphatic carboxylic acids is 2. The van der Waals surface area contributed by atoms with Crippen LogP contribution in [-0.2, 0) is 20.8 Å². The lowest BCUT2D eigenvalue weighted by atomic mass is 9.97. The average molecular weight is 586 g/mol. The van der Waals surface area contributed by atoms with Crippen molar-refractivity contribution in [2.75, 3.05) is 6.54 Å². The molecular weight excluding hydrogens is 559 g/mol. The van der Waals surface area contributed by atoms with Crippen molar-refractivity contribution in [3.05, 3.63) is 89.0 Å². The van der Waals surface area contributed by atoms with E-state index < -0.39 is 36.0 Å². The molecule has 4 rings (SSSR count). The second-order valence-electron chi connectivity index (χ2n) is 8.93. The molecule has 1 atom stereocenters. The molecule has 42 heavy (non-hydrogen) atoms. The molecule has 14 heteroatoms. The van der Waals surface area contributed by atoms with Gasteiger partial charge in [-0.3, -0.25) is 14.4 Å². The summed E-state index contributed by atoms with van der Waals surface area (Å²) in [6, 6.07) is 19.7. The van der Waals surface area contributed by atoms with Gasteiger partial charge in [0.1, 0.15) is 6.34 Å². The lowest BCUT2D eigenvalue weighted by Gasteiger charge is -2.19. The van der Waals surface area contributed by atoms with Gasteiger partial charge in [-0.25, -0.2) is 15.6 Å². The summed E-state index contributed by atoms with van der Waals surface area (Å²) in [4.78, 5) is 49.5. The number of benzene rings is 3. The molecule has 2 amide bonds. The standard InChI is InChI=1S/C26H25N5O4.C2HF3O2/c27-30-15-29-20-6-3-5-18(12-20)26(35)28-14-24(32)31-23(13-25(33)34)17-8-9-22-19(11-17)10-16-4-1-2-7-21(16)22;3-2(4,5)1(6)7/h1-9,11-12,15,23H,10,13-14,27H2,(H,28,35)(H,29,30)(H,31,32)(H,33,34);(H,6,7). The molecule has 1 aliphatic rings. The minimum atomic E-state index is -5.08. The molecule has 0 radical (unpaired) electrons. The van der Waals surface area contributed by atoms with E-state index >= 15 is 0 Å². The summed E-state index contributed by atoms with van der Waals surface area (Å²) in [7, 11) is 0. The largest absolute Gasteiger partial charge is 0.490 e. The Labute approximate surface area is 237 Å². The van der Waals surface area contributed by atoms with E-state index in [9.17, 15) is 32.7 Å². The predicted molar refractivity (Wildman–Crippen MR) is 146 cm³/mol. The first-order chi connectivity index (χ1) is 19.9. The Hall–Kier alpha value is -5.24. The van der Waals surface area contributed by atoms with E-state index in [0.29, 0.717) is 16.8 Å². The van der Waals surface area contributed by atoms with Gasteiger partial charge in [0.2, 0.25) is 5.91 Å². The molecule has 1 unspecified atom stereocenters. The zero-order valence-corrected chi connectivity index (χ0v) is 21.8. The minimum Gasteiger partial charge on any atom is -0.481 e. The Kier molecular flexibility index (Phi) is 10.4.